The van der Waals surface area contributed by atoms with Crippen LogP contribution in [-0.4, -0.2) is 21.6 Å². The van der Waals surface area contributed by atoms with E-state index in [4.69, 9.17) is 5.73 Å². The maximum absolute atomic E-state index is 12.6. The third kappa shape index (κ3) is 3.57. The number of hydrogen-bond donors (Lipinski definition) is 2. The maximum Gasteiger partial charge on any atom is 0.277 e. The highest BCUT2D eigenvalue weighted by molar-refractivity contribution is 9.10. The molecule has 0 fully saturated rings. The average Bonchev–Trinajstić information content (AvgIpc) is 3.04. The van der Waals surface area contributed by atoms with Gasteiger partial charge < -0.3 is 11.1 Å². The lowest BCUT2D eigenvalue weighted by Gasteiger charge is -2.33. The van der Waals surface area contributed by atoms with Gasteiger partial charge in [0.05, 0.1) is 10.0 Å². The molecule has 3 rings (SSSR count). The molecule has 2 amide bonds. The molecule has 0 bridgehead atoms. The molecule has 2 heterocycles. The second-order valence-electron chi connectivity index (χ2n) is 7.83. The fourth-order valence-electron chi connectivity index (χ4n) is 3.45. The average molecular weight is 439 g/mol. The molecular formula is C18H23BrN4O2S. The Morgan fingerprint density at radius 1 is 1.42 bits per heavy atom. The molecule has 0 radical (unpaired) electrons. The van der Waals surface area contributed by atoms with Gasteiger partial charge in [-0.05, 0) is 52.1 Å². The monoisotopic (exact) mass is 438 g/mol. The van der Waals surface area contributed by atoms with Gasteiger partial charge in [0.15, 0.2) is 5.69 Å². The van der Waals surface area contributed by atoms with E-state index in [-0.39, 0.29) is 17.0 Å². The maximum atomic E-state index is 12.6. The number of anilines is 1. The van der Waals surface area contributed by atoms with Gasteiger partial charge in [-0.1, -0.05) is 20.8 Å². The third-order valence-electron chi connectivity index (χ3n) is 4.96. The van der Waals surface area contributed by atoms with E-state index in [1.807, 2.05) is 0 Å². The second-order valence-corrected chi connectivity index (χ2v) is 9.79. The minimum absolute atomic E-state index is 0.205. The number of nitrogens with two attached hydrogens (primary N) is 1. The number of hydrogen-bond acceptors (Lipinski definition) is 4. The number of carbonyl (C=O) groups excluding carboxylic acids is 2. The summed E-state index contributed by atoms with van der Waals surface area (Å²) in [5.41, 5.74) is 7.58. The highest BCUT2D eigenvalue weighted by Crippen LogP contribution is 2.44. The van der Waals surface area contributed by atoms with Crippen LogP contribution in [0.1, 0.15) is 58.5 Å². The van der Waals surface area contributed by atoms with Crippen molar-refractivity contribution in [1.29, 1.82) is 0 Å². The van der Waals surface area contributed by atoms with Crippen molar-refractivity contribution >= 4 is 44.1 Å². The first-order chi connectivity index (χ1) is 12.1. The molecule has 0 spiro atoms. The van der Waals surface area contributed by atoms with Crippen molar-refractivity contribution in [2.45, 2.75) is 40.0 Å². The van der Waals surface area contributed by atoms with Crippen LogP contribution < -0.4 is 11.1 Å². The molecule has 0 aliphatic heterocycles. The number of amides is 2. The van der Waals surface area contributed by atoms with Crippen LogP contribution in [0.4, 0.5) is 5.00 Å². The van der Waals surface area contributed by atoms with Crippen molar-refractivity contribution in [1.82, 2.24) is 9.78 Å². The van der Waals surface area contributed by atoms with E-state index in [9.17, 15) is 9.59 Å². The largest absolute Gasteiger partial charge is 0.365 e. The van der Waals surface area contributed by atoms with E-state index in [1.165, 1.54) is 11.3 Å². The summed E-state index contributed by atoms with van der Waals surface area (Å²) in [4.78, 5) is 25.8. The Kier molecular flexibility index (Phi) is 5.00. The number of halogens is 1. The standard InChI is InChI=1S/C18H23BrN4O2S/c1-18(2,3)9-5-6-10-12(7-9)26-17(13(10)15(20)24)21-16(25)14-11(19)8-23(4)22-14/h8-9H,5-7H2,1-4H3,(H2,20,24)(H,21,25). The Hall–Kier alpha value is -1.67. The van der Waals surface area contributed by atoms with E-state index in [1.54, 1.807) is 17.9 Å². The predicted molar refractivity (Wildman–Crippen MR) is 107 cm³/mol. The summed E-state index contributed by atoms with van der Waals surface area (Å²) in [6.07, 6.45) is 4.45. The highest BCUT2D eigenvalue weighted by atomic mass is 79.9. The number of rotatable bonds is 3. The molecular weight excluding hydrogens is 416 g/mol. The van der Waals surface area contributed by atoms with Crippen LogP contribution in [0.5, 0.6) is 0 Å². The predicted octanol–water partition coefficient (Wildman–Crippen LogP) is 3.75. The third-order valence-corrected chi connectivity index (χ3v) is 6.71. The van der Waals surface area contributed by atoms with Crippen molar-refractivity contribution in [3.8, 4) is 0 Å². The first kappa shape index (κ1) is 19.1. The van der Waals surface area contributed by atoms with Gasteiger partial charge in [0, 0.05) is 18.1 Å². The fraction of sp³-hybridized carbons (Fsp3) is 0.500. The minimum atomic E-state index is -0.493. The molecule has 8 heteroatoms. The molecule has 1 aliphatic carbocycles. The molecule has 0 saturated heterocycles. The zero-order valence-electron chi connectivity index (χ0n) is 15.4. The number of nitrogens with zero attached hydrogens (tertiary/aromatic N) is 2. The van der Waals surface area contributed by atoms with Gasteiger partial charge in [0.1, 0.15) is 5.00 Å². The van der Waals surface area contributed by atoms with Crippen LogP contribution >= 0.6 is 27.3 Å². The Morgan fingerprint density at radius 2 is 2.12 bits per heavy atom. The topological polar surface area (TPSA) is 90.0 Å². The van der Waals surface area contributed by atoms with Gasteiger partial charge >= 0.3 is 0 Å². The van der Waals surface area contributed by atoms with Crippen molar-refractivity contribution in [2.75, 3.05) is 5.32 Å². The Morgan fingerprint density at radius 3 is 2.65 bits per heavy atom. The Bertz CT molecular complexity index is 879. The lowest BCUT2D eigenvalue weighted by molar-refractivity contribution is 0.1000. The van der Waals surface area contributed by atoms with E-state index >= 15 is 0 Å². The summed E-state index contributed by atoms with van der Waals surface area (Å²) in [7, 11) is 1.74. The van der Waals surface area contributed by atoms with Crippen LogP contribution in [0.15, 0.2) is 10.7 Å². The van der Waals surface area contributed by atoms with Gasteiger partial charge in [-0.25, -0.2) is 0 Å². The molecule has 2 aromatic heterocycles. The van der Waals surface area contributed by atoms with Crippen LogP contribution in [0.2, 0.25) is 0 Å². The summed E-state index contributed by atoms with van der Waals surface area (Å²) in [5.74, 6) is -0.305. The number of carbonyl (C=O) groups is 2. The Labute approximate surface area is 165 Å². The molecule has 0 saturated carbocycles. The minimum Gasteiger partial charge on any atom is -0.365 e. The molecule has 140 valence electrons. The van der Waals surface area contributed by atoms with Gasteiger partial charge in [-0.15, -0.1) is 11.3 Å². The number of aromatic nitrogens is 2. The quantitative estimate of drug-likeness (QED) is 0.764. The van der Waals surface area contributed by atoms with Crippen LogP contribution in [0.25, 0.3) is 0 Å². The SMILES string of the molecule is Cn1cc(Br)c(C(=O)Nc2sc3c(c2C(N)=O)CCC(C(C)(C)C)C3)n1. The van der Waals surface area contributed by atoms with Gasteiger partial charge in [-0.2, -0.15) is 5.10 Å². The molecule has 3 N–H and O–H groups in total. The van der Waals surface area contributed by atoms with Crippen LogP contribution in [0.3, 0.4) is 0 Å². The van der Waals surface area contributed by atoms with Crippen molar-refractivity contribution in [3.05, 3.63) is 32.4 Å². The molecule has 1 atom stereocenters. The lowest BCUT2D eigenvalue weighted by Crippen LogP contribution is -2.27. The van der Waals surface area contributed by atoms with Crippen molar-refractivity contribution in [3.63, 3.8) is 0 Å². The smallest absolute Gasteiger partial charge is 0.277 e. The van der Waals surface area contributed by atoms with E-state index in [2.05, 4.69) is 47.1 Å². The molecule has 2 aromatic rings. The number of nitrogens with one attached hydrogen (secondary N) is 1. The lowest BCUT2D eigenvalue weighted by atomic mass is 9.72. The molecule has 6 nitrogen and oxygen atoms in total. The first-order valence-electron chi connectivity index (χ1n) is 8.52. The van der Waals surface area contributed by atoms with Crippen molar-refractivity contribution < 1.29 is 9.59 Å². The second kappa shape index (κ2) is 6.81. The molecule has 0 aromatic carbocycles. The van der Waals surface area contributed by atoms with Gasteiger partial charge in [0.2, 0.25) is 0 Å². The number of primary amides is 1. The summed E-state index contributed by atoms with van der Waals surface area (Å²) >= 11 is 4.80. The van der Waals surface area contributed by atoms with E-state index in [0.717, 1.165) is 29.7 Å². The summed E-state index contributed by atoms with van der Waals surface area (Å²) in [5, 5.41) is 7.53. The summed E-state index contributed by atoms with van der Waals surface area (Å²) < 4.78 is 2.16. The number of thiophene rings is 1. The number of fused-ring (bicyclic) bond motifs is 1. The fourth-order valence-corrected chi connectivity index (χ4v) is 5.33. The molecule has 1 unspecified atom stereocenters. The molecule has 26 heavy (non-hydrogen) atoms. The van der Waals surface area contributed by atoms with Crippen LogP contribution in [-0.2, 0) is 19.9 Å². The summed E-state index contributed by atoms with van der Waals surface area (Å²) in [6, 6.07) is 0. The molecule has 1 aliphatic rings. The zero-order chi connectivity index (χ0) is 19.2. The van der Waals surface area contributed by atoms with E-state index in [0.29, 0.717) is 21.0 Å². The Balaban J connectivity index is 1.93. The number of aryl methyl sites for hydroxylation is 1. The van der Waals surface area contributed by atoms with Gasteiger partial charge in [-0.3, -0.25) is 14.3 Å². The van der Waals surface area contributed by atoms with Gasteiger partial charge in [0.25, 0.3) is 11.8 Å². The normalized spacial score (nSPS) is 17.0. The van der Waals surface area contributed by atoms with Crippen LogP contribution in [0, 0.1) is 11.3 Å². The van der Waals surface area contributed by atoms with Crippen molar-refractivity contribution in [2.24, 2.45) is 24.1 Å². The highest BCUT2D eigenvalue weighted by Gasteiger charge is 2.33. The first-order valence-corrected chi connectivity index (χ1v) is 10.1. The summed E-state index contributed by atoms with van der Waals surface area (Å²) in [6.45, 7) is 6.73. The van der Waals surface area contributed by atoms with E-state index < -0.39 is 5.91 Å². The zero-order valence-corrected chi connectivity index (χ0v) is 17.8.